The largest absolute Gasteiger partial charge is 0.374 e. The van der Waals surface area contributed by atoms with E-state index in [1.807, 2.05) is 21.0 Å². The van der Waals surface area contributed by atoms with Crippen molar-refractivity contribution < 1.29 is 1.43 Å². The van der Waals surface area contributed by atoms with Gasteiger partial charge in [-0.3, -0.25) is 0 Å². The number of nitriles is 1. The Bertz CT molecular complexity index is 289. The maximum Gasteiger partial charge on any atom is 0.117 e. The Labute approximate surface area is 93.7 Å². The molecule has 86 valence electrons. The number of likely N-dealkylation sites (N-methyl/N-ethyl adjacent to an activating group) is 1. The molecular formula is C11H22N4. The molecular weight excluding hydrogens is 188 g/mol. The van der Waals surface area contributed by atoms with Gasteiger partial charge in [-0.05, 0) is 26.6 Å². The molecule has 2 N–H and O–H groups in total. The van der Waals surface area contributed by atoms with Crippen LogP contribution in [0.2, 0.25) is 0 Å². The number of rotatable bonds is 6. The van der Waals surface area contributed by atoms with E-state index in [2.05, 4.69) is 28.2 Å². The molecule has 0 bridgehead atoms. The van der Waals surface area contributed by atoms with E-state index in [0.29, 0.717) is 5.57 Å². The number of allylic oxidation sites excluding steroid dienone is 2. The number of hydrogen-bond donors (Lipinski definition) is 2. The Morgan fingerprint density at radius 1 is 1.53 bits per heavy atom. The minimum Gasteiger partial charge on any atom is -0.374 e. The number of nitrogens with zero attached hydrogens (tertiary/aromatic N) is 2. The van der Waals surface area contributed by atoms with Gasteiger partial charge in [0, 0.05) is 21.6 Å². The van der Waals surface area contributed by atoms with Gasteiger partial charge in [-0.25, -0.2) is 0 Å². The molecule has 0 fully saturated rings. The lowest BCUT2D eigenvalue weighted by Gasteiger charge is -2.15. The molecule has 0 spiro atoms. The summed E-state index contributed by atoms with van der Waals surface area (Å²) in [4.78, 5) is 2.08. The first kappa shape index (κ1) is 13.5. The second kappa shape index (κ2) is 6.91. The zero-order chi connectivity index (χ0) is 11.8. The van der Waals surface area contributed by atoms with Crippen LogP contribution in [0.5, 0.6) is 0 Å². The van der Waals surface area contributed by atoms with Gasteiger partial charge in [0.25, 0.3) is 0 Å². The highest BCUT2D eigenvalue weighted by Gasteiger charge is 2.05. The van der Waals surface area contributed by atoms with E-state index in [4.69, 9.17) is 5.26 Å². The molecule has 4 heteroatoms. The molecule has 0 aliphatic rings. The summed E-state index contributed by atoms with van der Waals surface area (Å²) in [7, 11) is 5.81. The summed E-state index contributed by atoms with van der Waals surface area (Å²) < 4.78 is 0. The summed E-state index contributed by atoms with van der Waals surface area (Å²) in [5, 5.41) is 15.1. The van der Waals surface area contributed by atoms with Gasteiger partial charge in [-0.1, -0.05) is 6.58 Å². The van der Waals surface area contributed by atoms with Gasteiger partial charge in [-0.2, -0.15) is 5.26 Å². The molecule has 0 amide bonds. The minimum atomic E-state index is 0. The molecule has 15 heavy (non-hydrogen) atoms. The van der Waals surface area contributed by atoms with Crippen LogP contribution in [0.15, 0.2) is 23.5 Å². The van der Waals surface area contributed by atoms with Crippen LogP contribution < -0.4 is 10.6 Å². The van der Waals surface area contributed by atoms with Crippen molar-refractivity contribution in [1.82, 2.24) is 15.5 Å². The van der Waals surface area contributed by atoms with Gasteiger partial charge >= 0.3 is 0 Å². The molecule has 0 unspecified atom stereocenters. The van der Waals surface area contributed by atoms with E-state index in [-0.39, 0.29) is 1.43 Å². The van der Waals surface area contributed by atoms with Crippen LogP contribution in [0.25, 0.3) is 0 Å². The van der Waals surface area contributed by atoms with E-state index >= 15 is 0 Å². The van der Waals surface area contributed by atoms with Crippen molar-refractivity contribution in [1.29, 1.82) is 5.26 Å². The highest BCUT2D eigenvalue weighted by Crippen LogP contribution is 2.07. The van der Waals surface area contributed by atoms with Gasteiger partial charge in [0.05, 0.1) is 5.57 Å². The Hall–Kier alpha value is -1.47. The van der Waals surface area contributed by atoms with E-state index in [9.17, 15) is 0 Å². The summed E-state index contributed by atoms with van der Waals surface area (Å²) in [6, 6.07) is 2.13. The SMILES string of the molecule is C=C(C)/C(C#N)=C(\NC)NCCN(C)C.[HH]. The molecule has 0 aliphatic heterocycles. The predicted molar refractivity (Wildman–Crippen MR) is 65.2 cm³/mol. The Morgan fingerprint density at radius 3 is 2.47 bits per heavy atom. The van der Waals surface area contributed by atoms with Crippen LogP contribution in [0, 0.1) is 11.3 Å². The van der Waals surface area contributed by atoms with Crippen molar-refractivity contribution in [3.8, 4) is 6.07 Å². The summed E-state index contributed by atoms with van der Waals surface area (Å²) in [6.45, 7) is 7.30. The van der Waals surface area contributed by atoms with Crippen LogP contribution in [-0.4, -0.2) is 39.1 Å². The van der Waals surface area contributed by atoms with Crippen LogP contribution in [0.4, 0.5) is 0 Å². The van der Waals surface area contributed by atoms with Crippen LogP contribution in [0.3, 0.4) is 0 Å². The standard InChI is InChI=1S/C11H20N4.H2/c1-9(2)10(8-12)11(13-3)14-6-7-15(4)5;/h13-14H,1,6-7H2,2-5H3;1H/b11-10+;. The molecule has 0 aliphatic carbocycles. The van der Waals surface area contributed by atoms with Gasteiger partial charge in [0.2, 0.25) is 0 Å². The van der Waals surface area contributed by atoms with Crippen molar-refractivity contribution in [2.24, 2.45) is 0 Å². The first-order valence-corrected chi connectivity index (χ1v) is 4.89. The van der Waals surface area contributed by atoms with E-state index in [1.165, 1.54) is 0 Å². The molecule has 0 saturated carbocycles. The maximum absolute atomic E-state index is 8.95. The Kier molecular flexibility index (Phi) is 6.23. The lowest BCUT2D eigenvalue weighted by atomic mass is 10.1. The minimum absolute atomic E-state index is 0. The second-order valence-corrected chi connectivity index (χ2v) is 3.62. The molecule has 4 nitrogen and oxygen atoms in total. The highest BCUT2D eigenvalue weighted by molar-refractivity contribution is 5.41. The molecule has 0 heterocycles. The van der Waals surface area contributed by atoms with E-state index in [1.54, 1.807) is 7.05 Å². The Balaban J connectivity index is 0. The summed E-state index contributed by atoms with van der Waals surface area (Å²) in [5.41, 5.74) is 1.34. The van der Waals surface area contributed by atoms with Crippen LogP contribution in [0.1, 0.15) is 8.35 Å². The lowest BCUT2D eigenvalue weighted by Crippen LogP contribution is -2.31. The van der Waals surface area contributed by atoms with Gasteiger partial charge in [0.15, 0.2) is 0 Å². The van der Waals surface area contributed by atoms with Crippen molar-refractivity contribution in [3.05, 3.63) is 23.5 Å². The van der Waals surface area contributed by atoms with Gasteiger partial charge < -0.3 is 15.5 Å². The number of nitrogens with one attached hydrogen (secondary N) is 2. The maximum atomic E-state index is 8.95. The Morgan fingerprint density at radius 2 is 2.13 bits per heavy atom. The third-order valence-electron chi connectivity index (χ3n) is 1.90. The molecule has 0 aromatic heterocycles. The molecule has 0 saturated heterocycles. The van der Waals surface area contributed by atoms with Gasteiger partial charge in [-0.15, -0.1) is 0 Å². The zero-order valence-electron chi connectivity index (χ0n) is 10.0. The topological polar surface area (TPSA) is 51.1 Å². The van der Waals surface area contributed by atoms with Crippen LogP contribution >= 0.6 is 0 Å². The average molecular weight is 210 g/mol. The fraction of sp³-hybridized carbons (Fsp3) is 0.545. The molecule has 0 aromatic carbocycles. The quantitative estimate of drug-likeness (QED) is 0.505. The van der Waals surface area contributed by atoms with E-state index in [0.717, 1.165) is 24.5 Å². The zero-order valence-corrected chi connectivity index (χ0v) is 10.0. The second-order valence-electron chi connectivity index (χ2n) is 3.62. The smallest absolute Gasteiger partial charge is 0.117 e. The molecule has 0 atom stereocenters. The normalized spacial score (nSPS) is 11.7. The van der Waals surface area contributed by atoms with Crippen molar-refractivity contribution >= 4 is 0 Å². The third kappa shape index (κ3) is 5.08. The van der Waals surface area contributed by atoms with Crippen LogP contribution in [-0.2, 0) is 0 Å². The predicted octanol–water partition coefficient (Wildman–Crippen LogP) is 0.914. The highest BCUT2D eigenvalue weighted by atomic mass is 15.1. The average Bonchev–Trinajstić information content (AvgIpc) is 2.15. The molecule has 0 rings (SSSR count). The van der Waals surface area contributed by atoms with Crippen molar-refractivity contribution in [3.63, 3.8) is 0 Å². The summed E-state index contributed by atoms with van der Waals surface area (Å²) >= 11 is 0. The fourth-order valence-corrected chi connectivity index (χ4v) is 1.07. The first-order valence-electron chi connectivity index (χ1n) is 4.89. The first-order chi connectivity index (χ1) is 7.02. The molecule has 0 aromatic rings. The summed E-state index contributed by atoms with van der Waals surface area (Å²) in [5.74, 6) is 0.742. The monoisotopic (exact) mass is 210 g/mol. The number of hydrogen-bond acceptors (Lipinski definition) is 4. The fourth-order valence-electron chi connectivity index (χ4n) is 1.07. The van der Waals surface area contributed by atoms with Crippen molar-refractivity contribution in [2.75, 3.05) is 34.2 Å². The van der Waals surface area contributed by atoms with Crippen molar-refractivity contribution in [2.45, 2.75) is 6.92 Å². The lowest BCUT2D eigenvalue weighted by molar-refractivity contribution is 0.406. The molecule has 0 radical (unpaired) electrons. The third-order valence-corrected chi connectivity index (χ3v) is 1.90. The summed E-state index contributed by atoms with van der Waals surface area (Å²) in [6.07, 6.45) is 0. The van der Waals surface area contributed by atoms with Gasteiger partial charge in [0.1, 0.15) is 11.9 Å². The van der Waals surface area contributed by atoms with E-state index < -0.39 is 0 Å².